The number of aliphatic hydroxyl groups excluding tert-OH is 2. The molecule has 0 amide bonds. The lowest BCUT2D eigenvalue weighted by Crippen LogP contribution is -2.50. The highest BCUT2D eigenvalue weighted by atomic mass is 16.5. The summed E-state index contributed by atoms with van der Waals surface area (Å²) in [6.07, 6.45) is 12.4. The van der Waals surface area contributed by atoms with Gasteiger partial charge in [-0.2, -0.15) is 0 Å². The fraction of sp³-hybridized carbons (Fsp3) is 0.619. The zero-order valence-corrected chi connectivity index (χ0v) is 15.5. The molecule has 0 bridgehead atoms. The average Bonchev–Trinajstić information content (AvgIpc) is 2.60. The molecule has 4 heteroatoms. The zero-order chi connectivity index (χ0) is 18.9. The van der Waals surface area contributed by atoms with E-state index in [1.165, 1.54) is 12.5 Å². The summed E-state index contributed by atoms with van der Waals surface area (Å²) < 4.78 is 11.2. The van der Waals surface area contributed by atoms with E-state index in [9.17, 15) is 0 Å². The highest BCUT2D eigenvalue weighted by Crippen LogP contribution is 2.49. The summed E-state index contributed by atoms with van der Waals surface area (Å²) in [7, 11) is 0. The summed E-state index contributed by atoms with van der Waals surface area (Å²) in [6, 6.07) is 0. The van der Waals surface area contributed by atoms with Crippen LogP contribution in [0.5, 0.6) is 0 Å². The van der Waals surface area contributed by atoms with Crippen LogP contribution in [0.25, 0.3) is 0 Å². The minimum absolute atomic E-state index is 0.140. The smallest absolute Gasteiger partial charge is 0.118 e. The van der Waals surface area contributed by atoms with Crippen LogP contribution in [-0.2, 0) is 9.47 Å². The first-order chi connectivity index (χ1) is 11.9. The van der Waals surface area contributed by atoms with E-state index in [4.69, 9.17) is 19.7 Å². The Labute approximate surface area is 152 Å². The largest absolute Gasteiger partial charge is 0.499 e. The number of hydrogen-bond acceptors (Lipinski definition) is 4. The molecule has 25 heavy (non-hydrogen) atoms. The second-order valence-electron chi connectivity index (χ2n) is 7.09. The van der Waals surface area contributed by atoms with E-state index >= 15 is 0 Å². The van der Waals surface area contributed by atoms with Gasteiger partial charge in [0, 0.05) is 11.8 Å². The van der Waals surface area contributed by atoms with Gasteiger partial charge >= 0.3 is 0 Å². The predicted octanol–water partition coefficient (Wildman–Crippen LogP) is 4.26. The molecule has 142 valence electrons. The van der Waals surface area contributed by atoms with Crippen LogP contribution in [0.2, 0.25) is 0 Å². The van der Waals surface area contributed by atoms with Crippen molar-refractivity contribution >= 4 is 0 Å². The minimum atomic E-state index is -0.348. The number of hydrogen-bond donors (Lipinski definition) is 2. The first-order valence-electron chi connectivity index (χ1n) is 9.04. The van der Waals surface area contributed by atoms with Crippen LogP contribution in [0.3, 0.4) is 0 Å². The molecule has 2 aliphatic carbocycles. The standard InChI is InChI=1S/C15H22O2.C6H12O2/c1-6-15(7-2)12-13(16-8-3)10-11-14(15,5)17-9-4;7-5-1-2-6(8)4-3-5/h6-9,13H,1-4,10-12H2,5H3;5-8H,1-4H2. The van der Waals surface area contributed by atoms with Gasteiger partial charge in [-0.25, -0.2) is 0 Å². The fourth-order valence-corrected chi connectivity index (χ4v) is 3.71. The van der Waals surface area contributed by atoms with Gasteiger partial charge in [-0.3, -0.25) is 0 Å². The average molecular weight is 350 g/mol. The molecule has 0 aromatic heterocycles. The Morgan fingerprint density at radius 1 is 0.880 bits per heavy atom. The Kier molecular flexibility index (Phi) is 8.46. The molecule has 0 aromatic carbocycles. The van der Waals surface area contributed by atoms with Crippen LogP contribution in [0.4, 0.5) is 0 Å². The van der Waals surface area contributed by atoms with Crippen LogP contribution in [0.15, 0.2) is 51.0 Å². The molecule has 2 atom stereocenters. The second kappa shape index (κ2) is 9.83. The monoisotopic (exact) mass is 350 g/mol. The van der Waals surface area contributed by atoms with Crippen LogP contribution in [0, 0.1) is 5.41 Å². The summed E-state index contributed by atoms with van der Waals surface area (Å²) >= 11 is 0. The lowest BCUT2D eigenvalue weighted by molar-refractivity contribution is -0.0934. The third kappa shape index (κ3) is 5.48. The van der Waals surface area contributed by atoms with Crippen molar-refractivity contribution in [3.8, 4) is 0 Å². The minimum Gasteiger partial charge on any atom is -0.499 e. The predicted molar refractivity (Wildman–Crippen MR) is 102 cm³/mol. The molecule has 0 saturated heterocycles. The van der Waals surface area contributed by atoms with Crippen molar-refractivity contribution in [2.24, 2.45) is 5.41 Å². The van der Waals surface area contributed by atoms with E-state index in [-0.39, 0.29) is 29.3 Å². The molecule has 0 spiro atoms. The Balaban J connectivity index is 0.000000324. The van der Waals surface area contributed by atoms with Gasteiger partial charge in [0.25, 0.3) is 0 Å². The second-order valence-corrected chi connectivity index (χ2v) is 7.09. The topological polar surface area (TPSA) is 58.9 Å². The van der Waals surface area contributed by atoms with E-state index < -0.39 is 0 Å². The number of rotatable bonds is 6. The van der Waals surface area contributed by atoms with Crippen molar-refractivity contribution in [1.29, 1.82) is 0 Å². The molecule has 2 saturated carbocycles. The van der Waals surface area contributed by atoms with Gasteiger partial charge in [0.15, 0.2) is 0 Å². The first-order valence-corrected chi connectivity index (χ1v) is 9.04. The van der Waals surface area contributed by atoms with Crippen molar-refractivity contribution in [2.75, 3.05) is 0 Å². The Hall–Kier alpha value is -1.52. The summed E-state index contributed by atoms with van der Waals surface area (Å²) in [5.41, 5.74) is -0.646. The van der Waals surface area contributed by atoms with Crippen molar-refractivity contribution < 1.29 is 19.7 Å². The molecule has 2 fully saturated rings. The van der Waals surface area contributed by atoms with Crippen LogP contribution < -0.4 is 0 Å². The number of ether oxygens (including phenoxy) is 2. The third-order valence-corrected chi connectivity index (χ3v) is 5.52. The van der Waals surface area contributed by atoms with Crippen molar-refractivity contribution in [3.63, 3.8) is 0 Å². The molecular weight excluding hydrogens is 316 g/mol. The van der Waals surface area contributed by atoms with Crippen molar-refractivity contribution in [1.82, 2.24) is 0 Å². The van der Waals surface area contributed by atoms with Crippen LogP contribution >= 0.6 is 0 Å². The molecule has 2 aliphatic rings. The zero-order valence-electron chi connectivity index (χ0n) is 15.5. The molecule has 0 heterocycles. The molecule has 2 unspecified atom stereocenters. The SMILES string of the molecule is C=COC1CCC(C)(OC=C)C(C=C)(C=C)C1.OC1CCC(O)CC1. The third-order valence-electron chi connectivity index (χ3n) is 5.52. The molecule has 0 radical (unpaired) electrons. The maximum atomic E-state index is 8.92. The summed E-state index contributed by atoms with van der Waals surface area (Å²) in [4.78, 5) is 0. The van der Waals surface area contributed by atoms with Gasteiger partial charge < -0.3 is 19.7 Å². The maximum absolute atomic E-state index is 8.92. The van der Waals surface area contributed by atoms with Crippen LogP contribution in [-0.4, -0.2) is 34.1 Å². The van der Waals surface area contributed by atoms with Gasteiger partial charge in [0.05, 0.1) is 30.8 Å². The fourth-order valence-electron chi connectivity index (χ4n) is 3.71. The lowest BCUT2D eigenvalue weighted by atomic mass is 9.63. The summed E-state index contributed by atoms with van der Waals surface area (Å²) in [6.45, 7) is 17.2. The highest BCUT2D eigenvalue weighted by molar-refractivity contribution is 5.19. The molecule has 2 N–H and O–H groups in total. The van der Waals surface area contributed by atoms with E-state index in [1.54, 1.807) is 0 Å². The van der Waals surface area contributed by atoms with Gasteiger partial charge in [0.1, 0.15) is 5.60 Å². The van der Waals surface area contributed by atoms with E-state index in [2.05, 4.69) is 33.2 Å². The lowest BCUT2D eigenvalue weighted by Gasteiger charge is -2.49. The molecule has 2 rings (SSSR count). The van der Waals surface area contributed by atoms with Gasteiger partial charge in [0.2, 0.25) is 0 Å². The number of aliphatic hydroxyl groups is 2. The summed E-state index contributed by atoms with van der Waals surface area (Å²) in [5, 5.41) is 17.8. The molecule has 0 aromatic rings. The van der Waals surface area contributed by atoms with E-state index in [0.29, 0.717) is 0 Å². The quantitative estimate of drug-likeness (QED) is 0.555. The Morgan fingerprint density at radius 2 is 1.40 bits per heavy atom. The Morgan fingerprint density at radius 3 is 1.80 bits per heavy atom. The van der Waals surface area contributed by atoms with Gasteiger partial charge in [-0.1, -0.05) is 25.3 Å². The van der Waals surface area contributed by atoms with Crippen LogP contribution in [0.1, 0.15) is 51.9 Å². The summed E-state index contributed by atoms with van der Waals surface area (Å²) in [5.74, 6) is 0. The Bertz CT molecular complexity index is 433. The molecule has 4 nitrogen and oxygen atoms in total. The van der Waals surface area contributed by atoms with Crippen molar-refractivity contribution in [3.05, 3.63) is 51.0 Å². The van der Waals surface area contributed by atoms with Gasteiger partial charge in [-0.05, 0) is 45.4 Å². The molecular formula is C21H34O4. The highest BCUT2D eigenvalue weighted by Gasteiger charge is 2.50. The normalized spacial score (nSPS) is 33.8. The van der Waals surface area contributed by atoms with E-state index in [0.717, 1.165) is 44.9 Å². The first kappa shape index (κ1) is 21.5. The molecule has 0 aliphatic heterocycles. The van der Waals surface area contributed by atoms with Crippen molar-refractivity contribution in [2.45, 2.75) is 75.8 Å². The van der Waals surface area contributed by atoms with Gasteiger partial charge in [-0.15, -0.1) is 13.2 Å². The van der Waals surface area contributed by atoms with E-state index in [1.807, 2.05) is 12.2 Å². The maximum Gasteiger partial charge on any atom is 0.118 e.